The fraction of sp³-hybridized carbons (Fsp3) is 0.556. The Bertz CT molecular complexity index is 566. The molecule has 0 aromatic heterocycles. The highest BCUT2D eigenvalue weighted by atomic mass is 19.1. The molecule has 2 amide bonds. The highest BCUT2D eigenvalue weighted by Gasteiger charge is 2.27. The van der Waals surface area contributed by atoms with E-state index in [9.17, 15) is 14.0 Å². The minimum absolute atomic E-state index is 0.0225. The number of nitrogens with zero attached hydrogens (tertiary/aromatic N) is 1. The van der Waals surface area contributed by atoms with Crippen molar-refractivity contribution in [1.29, 1.82) is 0 Å². The number of halogens is 1. The molecule has 0 spiro atoms. The second-order valence-corrected chi connectivity index (χ2v) is 6.78. The number of carbonyl (C=O) groups is 2. The van der Waals surface area contributed by atoms with Gasteiger partial charge in [0.05, 0.1) is 0 Å². The van der Waals surface area contributed by atoms with Crippen LogP contribution < -0.4 is 11.1 Å². The predicted octanol–water partition coefficient (Wildman–Crippen LogP) is 1.84. The van der Waals surface area contributed by atoms with E-state index in [4.69, 9.17) is 5.73 Å². The van der Waals surface area contributed by atoms with E-state index in [0.29, 0.717) is 12.5 Å². The van der Waals surface area contributed by atoms with E-state index < -0.39 is 6.04 Å². The van der Waals surface area contributed by atoms with E-state index in [2.05, 4.69) is 5.32 Å². The molecule has 24 heavy (non-hydrogen) atoms. The van der Waals surface area contributed by atoms with Crippen molar-refractivity contribution in [1.82, 2.24) is 10.2 Å². The zero-order valence-corrected chi connectivity index (χ0v) is 14.3. The Labute approximate surface area is 142 Å². The standard InChI is InChI=1S/C18H26FN3O2/c1-22(2)16(13-7-9-15(19)10-8-13)18(24)21-11-12-3-5-14(6-4-12)17(20)23/h7-10,12,14,16H,3-6,11H2,1-2H3,(H2,20,23)(H,21,24)/t12?,14?,16-/m1/s1. The van der Waals surface area contributed by atoms with Crippen molar-refractivity contribution in [3.8, 4) is 0 Å². The Morgan fingerprint density at radius 3 is 2.29 bits per heavy atom. The van der Waals surface area contributed by atoms with Gasteiger partial charge in [0.2, 0.25) is 11.8 Å². The number of hydrogen-bond acceptors (Lipinski definition) is 3. The van der Waals surface area contributed by atoms with Crippen LogP contribution in [0.25, 0.3) is 0 Å². The number of benzene rings is 1. The number of nitrogens with one attached hydrogen (secondary N) is 1. The number of carbonyl (C=O) groups excluding carboxylic acids is 2. The third kappa shape index (κ3) is 4.77. The fourth-order valence-corrected chi connectivity index (χ4v) is 3.32. The molecule has 0 aliphatic heterocycles. The SMILES string of the molecule is CN(C)[C@@H](C(=O)NCC1CCC(C(N)=O)CC1)c1ccc(F)cc1. The topological polar surface area (TPSA) is 75.4 Å². The van der Waals surface area contributed by atoms with Gasteiger partial charge in [-0.05, 0) is 63.4 Å². The van der Waals surface area contributed by atoms with Crippen LogP contribution in [0.1, 0.15) is 37.3 Å². The molecule has 0 saturated heterocycles. The summed E-state index contributed by atoms with van der Waals surface area (Å²) in [5.41, 5.74) is 6.10. The predicted molar refractivity (Wildman–Crippen MR) is 90.5 cm³/mol. The fourth-order valence-electron chi connectivity index (χ4n) is 3.32. The minimum atomic E-state index is -0.451. The van der Waals surface area contributed by atoms with Crippen LogP contribution in [0.5, 0.6) is 0 Å². The summed E-state index contributed by atoms with van der Waals surface area (Å²) in [7, 11) is 3.65. The maximum absolute atomic E-state index is 13.1. The number of primary amides is 1. The quantitative estimate of drug-likeness (QED) is 0.833. The Hall–Kier alpha value is -1.95. The van der Waals surface area contributed by atoms with E-state index >= 15 is 0 Å². The van der Waals surface area contributed by atoms with Crippen LogP contribution in [0.4, 0.5) is 4.39 Å². The first-order valence-electron chi connectivity index (χ1n) is 8.37. The van der Waals surface area contributed by atoms with Crippen molar-refractivity contribution in [3.63, 3.8) is 0 Å². The second kappa shape index (κ2) is 8.24. The zero-order valence-electron chi connectivity index (χ0n) is 14.3. The number of hydrogen-bond donors (Lipinski definition) is 2. The van der Waals surface area contributed by atoms with Gasteiger partial charge < -0.3 is 11.1 Å². The van der Waals surface area contributed by atoms with Crippen LogP contribution in [0.3, 0.4) is 0 Å². The summed E-state index contributed by atoms with van der Waals surface area (Å²) in [6.45, 7) is 0.593. The molecule has 1 fully saturated rings. The third-order valence-corrected chi connectivity index (χ3v) is 4.76. The summed E-state index contributed by atoms with van der Waals surface area (Å²) >= 11 is 0. The first kappa shape index (κ1) is 18.4. The van der Waals surface area contributed by atoms with Gasteiger partial charge in [-0.3, -0.25) is 14.5 Å². The largest absolute Gasteiger partial charge is 0.369 e. The van der Waals surface area contributed by atoms with Gasteiger partial charge in [0, 0.05) is 12.5 Å². The number of likely N-dealkylation sites (N-methyl/N-ethyl adjacent to an activating group) is 1. The number of nitrogens with two attached hydrogens (primary N) is 1. The molecule has 2 rings (SSSR count). The molecule has 0 unspecified atom stereocenters. The maximum Gasteiger partial charge on any atom is 0.241 e. The summed E-state index contributed by atoms with van der Waals surface area (Å²) in [5.74, 6) is -0.278. The molecule has 0 heterocycles. The highest BCUT2D eigenvalue weighted by molar-refractivity contribution is 5.83. The smallest absolute Gasteiger partial charge is 0.241 e. The summed E-state index contributed by atoms with van der Waals surface area (Å²) < 4.78 is 13.1. The molecule has 1 aromatic rings. The molecule has 0 bridgehead atoms. The van der Waals surface area contributed by atoms with Crippen molar-refractivity contribution in [2.24, 2.45) is 17.6 Å². The van der Waals surface area contributed by atoms with E-state index in [0.717, 1.165) is 31.2 Å². The van der Waals surface area contributed by atoms with Crippen LogP contribution in [0, 0.1) is 17.7 Å². The third-order valence-electron chi connectivity index (χ3n) is 4.76. The normalized spacial score (nSPS) is 22.2. The van der Waals surface area contributed by atoms with Crippen molar-refractivity contribution in [2.75, 3.05) is 20.6 Å². The van der Waals surface area contributed by atoms with Crippen LogP contribution in [-0.4, -0.2) is 37.4 Å². The van der Waals surface area contributed by atoms with Crippen molar-refractivity contribution in [2.45, 2.75) is 31.7 Å². The molecule has 1 atom stereocenters. The Morgan fingerprint density at radius 1 is 1.21 bits per heavy atom. The molecule has 1 aliphatic rings. The van der Waals surface area contributed by atoms with E-state index in [1.54, 1.807) is 12.1 Å². The maximum atomic E-state index is 13.1. The molecule has 5 nitrogen and oxygen atoms in total. The van der Waals surface area contributed by atoms with Gasteiger partial charge >= 0.3 is 0 Å². The van der Waals surface area contributed by atoms with Gasteiger partial charge in [0.15, 0.2) is 0 Å². The first-order chi connectivity index (χ1) is 11.4. The molecule has 132 valence electrons. The Morgan fingerprint density at radius 2 is 1.79 bits per heavy atom. The van der Waals surface area contributed by atoms with Gasteiger partial charge in [-0.2, -0.15) is 0 Å². The van der Waals surface area contributed by atoms with Gasteiger partial charge in [-0.15, -0.1) is 0 Å². The van der Waals surface area contributed by atoms with Crippen LogP contribution in [-0.2, 0) is 9.59 Å². The molecule has 1 aliphatic carbocycles. The average molecular weight is 335 g/mol. The first-order valence-corrected chi connectivity index (χ1v) is 8.37. The Balaban J connectivity index is 1.90. The van der Waals surface area contributed by atoms with Crippen LogP contribution >= 0.6 is 0 Å². The summed E-state index contributed by atoms with van der Waals surface area (Å²) in [6, 6.07) is 5.55. The Kier molecular flexibility index (Phi) is 6.31. The van der Waals surface area contributed by atoms with Gasteiger partial charge in [-0.1, -0.05) is 12.1 Å². The number of rotatable bonds is 6. The van der Waals surface area contributed by atoms with E-state index in [1.165, 1.54) is 12.1 Å². The molecule has 1 aromatic carbocycles. The van der Waals surface area contributed by atoms with Crippen molar-refractivity contribution >= 4 is 11.8 Å². The van der Waals surface area contributed by atoms with Crippen molar-refractivity contribution in [3.05, 3.63) is 35.6 Å². The summed E-state index contributed by atoms with van der Waals surface area (Å²) in [4.78, 5) is 25.6. The van der Waals surface area contributed by atoms with Gasteiger partial charge in [-0.25, -0.2) is 4.39 Å². The lowest BCUT2D eigenvalue weighted by atomic mass is 9.81. The lowest BCUT2D eigenvalue weighted by molar-refractivity contribution is -0.126. The lowest BCUT2D eigenvalue weighted by Gasteiger charge is -2.28. The van der Waals surface area contributed by atoms with Gasteiger partial charge in [0.25, 0.3) is 0 Å². The van der Waals surface area contributed by atoms with E-state index in [1.807, 2.05) is 19.0 Å². The monoisotopic (exact) mass is 335 g/mol. The van der Waals surface area contributed by atoms with Crippen LogP contribution in [0.2, 0.25) is 0 Å². The highest BCUT2D eigenvalue weighted by Crippen LogP contribution is 2.28. The average Bonchev–Trinajstić information content (AvgIpc) is 2.55. The van der Waals surface area contributed by atoms with Crippen molar-refractivity contribution < 1.29 is 14.0 Å². The molecule has 1 saturated carbocycles. The molecule has 3 N–H and O–H groups in total. The van der Waals surface area contributed by atoms with Crippen LogP contribution in [0.15, 0.2) is 24.3 Å². The van der Waals surface area contributed by atoms with Gasteiger partial charge in [0.1, 0.15) is 11.9 Å². The number of amides is 2. The molecule has 0 radical (unpaired) electrons. The zero-order chi connectivity index (χ0) is 17.7. The summed E-state index contributed by atoms with van der Waals surface area (Å²) in [5, 5.41) is 3.00. The minimum Gasteiger partial charge on any atom is -0.369 e. The molecular weight excluding hydrogens is 309 g/mol. The second-order valence-electron chi connectivity index (χ2n) is 6.78. The van der Waals surface area contributed by atoms with E-state index in [-0.39, 0.29) is 23.5 Å². The summed E-state index contributed by atoms with van der Waals surface area (Å²) in [6.07, 6.45) is 3.39. The molecule has 6 heteroatoms. The molecular formula is C18H26FN3O2. The lowest BCUT2D eigenvalue weighted by Crippen LogP contribution is -2.40.